The van der Waals surface area contributed by atoms with Gasteiger partial charge in [-0.1, -0.05) is 29.8 Å². The molecule has 0 bridgehead atoms. The van der Waals surface area contributed by atoms with Crippen LogP contribution in [0, 0.1) is 0 Å². The zero-order chi connectivity index (χ0) is 9.97. The van der Waals surface area contributed by atoms with Crippen LogP contribution in [-0.4, -0.2) is 10.1 Å². The van der Waals surface area contributed by atoms with Crippen LogP contribution in [0.5, 0.6) is 0 Å². The highest BCUT2D eigenvalue weighted by Gasteiger charge is 2.04. The van der Waals surface area contributed by atoms with E-state index in [1.54, 1.807) is 6.20 Å². The maximum absolute atomic E-state index is 6.10. The van der Waals surface area contributed by atoms with Gasteiger partial charge in [0.25, 0.3) is 0 Å². The van der Waals surface area contributed by atoms with Crippen LogP contribution in [0.3, 0.4) is 0 Å². The first-order chi connectivity index (χ1) is 6.83. The minimum absolute atomic E-state index is 0.556. The third kappa shape index (κ3) is 1.53. The lowest BCUT2D eigenvalue weighted by atomic mass is 10.2. The van der Waals surface area contributed by atoms with Crippen molar-refractivity contribution in [2.75, 3.05) is 0 Å². The highest BCUT2D eigenvalue weighted by atomic mass is 35.5. The van der Waals surface area contributed by atoms with Gasteiger partial charge in [-0.25, -0.2) is 0 Å². The van der Waals surface area contributed by atoms with E-state index in [9.17, 15) is 0 Å². The van der Waals surface area contributed by atoms with Crippen molar-refractivity contribution in [3.63, 3.8) is 0 Å². The van der Waals surface area contributed by atoms with Gasteiger partial charge in [0.15, 0.2) is 0 Å². The van der Waals surface area contributed by atoms with Crippen LogP contribution in [0.4, 0.5) is 5.69 Å². The smallest absolute Gasteiger partial charge is 0.111 e. The van der Waals surface area contributed by atoms with Crippen molar-refractivity contribution < 1.29 is 0 Å². The fraction of sp³-hybridized carbons (Fsp3) is 0. The molecule has 0 unspecified atom stereocenters. The average Bonchev–Trinajstić information content (AvgIpc) is 2.23. The van der Waals surface area contributed by atoms with Gasteiger partial charge in [0.2, 0.25) is 0 Å². The van der Waals surface area contributed by atoms with Gasteiger partial charge < -0.3 is 0 Å². The van der Waals surface area contributed by atoms with E-state index >= 15 is 0 Å². The molecule has 2 rings (SSSR count). The molecule has 0 aliphatic heterocycles. The van der Waals surface area contributed by atoms with Crippen LogP contribution in [-0.2, 0) is 0 Å². The molecule has 0 amide bonds. The van der Waals surface area contributed by atoms with Gasteiger partial charge in [-0.3, -0.25) is 4.98 Å². The van der Waals surface area contributed by atoms with Crippen molar-refractivity contribution in [3.05, 3.63) is 35.5 Å². The van der Waals surface area contributed by atoms with E-state index in [0.29, 0.717) is 10.7 Å². The second kappa shape index (κ2) is 3.84. The Morgan fingerprint density at radius 3 is 2.93 bits per heavy atom. The number of aromatic nitrogens is 1. The second-order valence-corrected chi connectivity index (χ2v) is 3.24. The molecule has 2 nitrogen and oxygen atoms in total. The van der Waals surface area contributed by atoms with Crippen LogP contribution < -0.4 is 0 Å². The summed E-state index contributed by atoms with van der Waals surface area (Å²) in [4.78, 5) is 8.02. The topological polar surface area (TPSA) is 25.2 Å². The first kappa shape index (κ1) is 9.28. The predicted octanol–water partition coefficient (Wildman–Crippen LogP) is 3.62. The summed E-state index contributed by atoms with van der Waals surface area (Å²) in [5.74, 6) is 0. The number of para-hydroxylation sites is 1. The van der Waals surface area contributed by atoms with E-state index in [-0.39, 0.29) is 0 Å². The maximum atomic E-state index is 6.10. The zero-order valence-electron chi connectivity index (χ0n) is 7.07. The molecule has 1 aromatic heterocycles. The first-order valence-electron chi connectivity index (χ1n) is 3.94. The lowest BCUT2D eigenvalue weighted by Gasteiger charge is -2.00. The Labute approximate surface area is 91.3 Å². The number of hydrogen-bond acceptors (Lipinski definition) is 3. The lowest BCUT2D eigenvalue weighted by molar-refractivity contribution is 1.38. The van der Waals surface area contributed by atoms with E-state index in [1.807, 2.05) is 24.3 Å². The van der Waals surface area contributed by atoms with Crippen LogP contribution in [0.2, 0.25) is 5.02 Å². The minimum atomic E-state index is 0.556. The van der Waals surface area contributed by atoms with Crippen LogP contribution >= 0.6 is 23.8 Å². The number of rotatable bonds is 1. The van der Waals surface area contributed by atoms with Crippen molar-refractivity contribution in [1.82, 2.24) is 4.98 Å². The summed E-state index contributed by atoms with van der Waals surface area (Å²) in [5.41, 5.74) is 1.40. The molecule has 0 spiro atoms. The maximum Gasteiger partial charge on any atom is 0.111 e. The first-order valence-corrected chi connectivity index (χ1v) is 4.72. The summed E-state index contributed by atoms with van der Waals surface area (Å²) < 4.78 is 0. The molecule has 0 fully saturated rings. The molecule has 0 aliphatic rings. The second-order valence-electron chi connectivity index (χ2n) is 2.68. The largest absolute Gasteiger partial charge is 0.254 e. The normalized spacial score (nSPS) is 9.79. The van der Waals surface area contributed by atoms with Crippen molar-refractivity contribution in [3.8, 4) is 0 Å². The third-order valence-electron chi connectivity index (χ3n) is 1.86. The van der Waals surface area contributed by atoms with Gasteiger partial charge in [-0.05, 0) is 18.3 Å². The summed E-state index contributed by atoms with van der Waals surface area (Å²) >= 11 is 10.6. The number of halogens is 1. The summed E-state index contributed by atoms with van der Waals surface area (Å²) in [6, 6.07) is 7.60. The molecule has 0 radical (unpaired) electrons. The summed E-state index contributed by atoms with van der Waals surface area (Å²) in [7, 11) is 0. The monoisotopic (exact) mass is 220 g/mol. The molecule has 68 valence electrons. The minimum Gasteiger partial charge on any atom is -0.254 e. The molecule has 0 aliphatic carbocycles. The lowest BCUT2D eigenvalue weighted by Crippen LogP contribution is -1.79. The summed E-state index contributed by atoms with van der Waals surface area (Å²) in [6.07, 6.45) is 1.59. The molecule has 1 aromatic carbocycles. The Balaban J connectivity index is 2.81. The number of benzene rings is 1. The van der Waals surface area contributed by atoms with E-state index < -0.39 is 0 Å². The zero-order valence-corrected chi connectivity index (χ0v) is 8.64. The Hall–Kier alpha value is -1.28. The molecule has 0 saturated heterocycles. The third-order valence-corrected chi connectivity index (χ3v) is 2.35. The molecular weight excluding hydrogens is 216 g/mol. The van der Waals surface area contributed by atoms with Gasteiger partial charge in [0, 0.05) is 5.39 Å². The molecule has 4 heteroatoms. The quantitative estimate of drug-likeness (QED) is 0.542. The number of hydrogen-bond donors (Lipinski definition) is 0. The van der Waals surface area contributed by atoms with Crippen molar-refractivity contribution in [2.45, 2.75) is 0 Å². The van der Waals surface area contributed by atoms with Crippen molar-refractivity contribution in [2.24, 2.45) is 4.99 Å². The van der Waals surface area contributed by atoms with Crippen LogP contribution in [0.1, 0.15) is 0 Å². The predicted molar refractivity (Wildman–Crippen MR) is 61.4 cm³/mol. The Morgan fingerprint density at radius 1 is 1.36 bits per heavy atom. The highest BCUT2D eigenvalue weighted by molar-refractivity contribution is 7.78. The number of pyridine rings is 1. The standard InChI is InChI=1S/C10H5ClN2S/c11-10-7-3-1-2-4-8(7)12-5-9(10)13-6-14/h1-5H. The van der Waals surface area contributed by atoms with Gasteiger partial charge in [-0.2, -0.15) is 4.99 Å². The number of aliphatic imine (C=N–C) groups is 1. The molecule has 0 atom stereocenters. The highest BCUT2D eigenvalue weighted by Crippen LogP contribution is 2.30. The number of fused-ring (bicyclic) bond motifs is 1. The molecule has 2 aromatic rings. The van der Waals surface area contributed by atoms with Gasteiger partial charge in [0.05, 0.1) is 21.9 Å². The fourth-order valence-corrected chi connectivity index (χ4v) is 1.57. The number of isothiocyanates is 1. The van der Waals surface area contributed by atoms with E-state index in [0.717, 1.165) is 10.9 Å². The van der Waals surface area contributed by atoms with Gasteiger partial charge in [0.1, 0.15) is 5.69 Å². The molecule has 1 heterocycles. The van der Waals surface area contributed by atoms with E-state index in [1.165, 1.54) is 0 Å². The Kier molecular flexibility index (Phi) is 2.55. The Bertz CT molecular complexity index is 533. The summed E-state index contributed by atoms with van der Waals surface area (Å²) in [5, 5.41) is 3.71. The number of thiocarbonyl (C=S) groups is 1. The fourth-order valence-electron chi connectivity index (χ4n) is 1.22. The van der Waals surface area contributed by atoms with Gasteiger partial charge >= 0.3 is 0 Å². The SMILES string of the molecule is S=C=Nc1cnc2ccccc2c1Cl. The van der Waals surface area contributed by atoms with Gasteiger partial charge in [-0.15, -0.1) is 0 Å². The molecule has 14 heavy (non-hydrogen) atoms. The summed E-state index contributed by atoms with van der Waals surface area (Å²) in [6.45, 7) is 0. The molecular formula is C10H5ClN2S. The average molecular weight is 221 g/mol. The molecule has 0 N–H and O–H groups in total. The Morgan fingerprint density at radius 2 is 2.14 bits per heavy atom. The van der Waals surface area contributed by atoms with E-state index in [2.05, 4.69) is 27.4 Å². The number of nitrogens with zero attached hydrogens (tertiary/aromatic N) is 2. The molecule has 0 saturated carbocycles. The van der Waals surface area contributed by atoms with Crippen LogP contribution in [0.15, 0.2) is 35.5 Å². The van der Waals surface area contributed by atoms with Crippen molar-refractivity contribution >= 4 is 45.6 Å². The van der Waals surface area contributed by atoms with Crippen molar-refractivity contribution in [1.29, 1.82) is 0 Å². The van der Waals surface area contributed by atoms with E-state index in [4.69, 9.17) is 11.6 Å². The van der Waals surface area contributed by atoms with Crippen LogP contribution in [0.25, 0.3) is 10.9 Å².